The number of carbonyl (C=O) groups is 1. The molecule has 110 valence electrons. The lowest BCUT2D eigenvalue weighted by Crippen LogP contribution is -2.16. The van der Waals surface area contributed by atoms with Gasteiger partial charge in [0, 0.05) is 35.8 Å². The SMILES string of the molecule is Cc1cnc(-c2ccccc2NC(=O)c2cc(=O)cc[nH]2)[nH]1. The Bertz CT molecular complexity index is 879. The lowest BCUT2D eigenvalue weighted by Gasteiger charge is -2.09. The first-order chi connectivity index (χ1) is 10.6. The molecule has 6 nitrogen and oxygen atoms in total. The van der Waals surface area contributed by atoms with E-state index < -0.39 is 0 Å². The number of aryl methyl sites for hydroxylation is 1. The Hall–Kier alpha value is -3.15. The van der Waals surface area contributed by atoms with Crippen molar-refractivity contribution in [2.45, 2.75) is 6.92 Å². The van der Waals surface area contributed by atoms with Gasteiger partial charge in [0.15, 0.2) is 5.43 Å². The van der Waals surface area contributed by atoms with Crippen LogP contribution < -0.4 is 10.7 Å². The van der Waals surface area contributed by atoms with Crippen molar-refractivity contribution < 1.29 is 4.79 Å². The zero-order valence-corrected chi connectivity index (χ0v) is 11.9. The molecule has 0 bridgehead atoms. The van der Waals surface area contributed by atoms with E-state index >= 15 is 0 Å². The number of pyridine rings is 1. The molecular weight excluding hydrogens is 280 g/mol. The van der Waals surface area contributed by atoms with Crippen molar-refractivity contribution in [1.82, 2.24) is 15.0 Å². The number of imidazole rings is 1. The second kappa shape index (κ2) is 5.69. The normalized spacial score (nSPS) is 10.4. The number of carbonyl (C=O) groups excluding carboxylic acids is 1. The quantitative estimate of drug-likeness (QED) is 0.692. The first-order valence-electron chi connectivity index (χ1n) is 6.74. The van der Waals surface area contributed by atoms with Gasteiger partial charge in [-0.2, -0.15) is 0 Å². The van der Waals surface area contributed by atoms with E-state index in [-0.39, 0.29) is 17.0 Å². The maximum Gasteiger partial charge on any atom is 0.272 e. The molecule has 0 aliphatic carbocycles. The van der Waals surface area contributed by atoms with Crippen molar-refractivity contribution in [3.05, 3.63) is 70.4 Å². The molecular formula is C16H14N4O2. The molecule has 0 saturated carbocycles. The molecule has 0 radical (unpaired) electrons. The van der Waals surface area contributed by atoms with Gasteiger partial charge < -0.3 is 15.3 Å². The molecule has 0 atom stereocenters. The van der Waals surface area contributed by atoms with E-state index in [9.17, 15) is 9.59 Å². The Kier molecular flexibility index (Phi) is 3.57. The molecule has 0 fully saturated rings. The van der Waals surface area contributed by atoms with Gasteiger partial charge >= 0.3 is 0 Å². The standard InChI is InChI=1S/C16H14N4O2/c1-10-9-18-15(19-10)12-4-2-3-5-13(12)20-16(22)14-8-11(21)6-7-17-14/h2-9H,1H3,(H,17,21)(H,18,19)(H,20,22). The molecule has 0 aliphatic heterocycles. The second-order valence-electron chi connectivity index (χ2n) is 4.85. The van der Waals surface area contributed by atoms with Gasteiger partial charge in [0.2, 0.25) is 0 Å². The number of anilines is 1. The summed E-state index contributed by atoms with van der Waals surface area (Å²) in [5.74, 6) is 0.295. The number of amides is 1. The Morgan fingerprint density at radius 3 is 2.77 bits per heavy atom. The third-order valence-corrected chi connectivity index (χ3v) is 3.15. The van der Waals surface area contributed by atoms with Crippen LogP contribution in [0.2, 0.25) is 0 Å². The number of aromatic amines is 2. The molecule has 2 aromatic heterocycles. The van der Waals surface area contributed by atoms with E-state index in [0.29, 0.717) is 11.5 Å². The summed E-state index contributed by atoms with van der Waals surface area (Å²) in [5, 5.41) is 2.79. The minimum Gasteiger partial charge on any atom is -0.357 e. The Morgan fingerprint density at radius 1 is 1.23 bits per heavy atom. The second-order valence-corrected chi connectivity index (χ2v) is 4.85. The summed E-state index contributed by atoms with van der Waals surface area (Å²) < 4.78 is 0. The van der Waals surface area contributed by atoms with Crippen LogP contribution in [0.25, 0.3) is 11.4 Å². The molecule has 3 aromatic rings. The molecule has 0 unspecified atom stereocenters. The summed E-state index contributed by atoms with van der Waals surface area (Å²) in [6.07, 6.45) is 3.17. The molecule has 2 heterocycles. The molecule has 6 heteroatoms. The predicted molar refractivity (Wildman–Crippen MR) is 83.8 cm³/mol. The molecule has 1 amide bonds. The fraction of sp³-hybridized carbons (Fsp3) is 0.0625. The molecule has 0 spiro atoms. The number of hydrogen-bond donors (Lipinski definition) is 3. The lowest BCUT2D eigenvalue weighted by molar-refractivity contribution is 0.102. The first-order valence-corrected chi connectivity index (χ1v) is 6.74. The van der Waals surface area contributed by atoms with Gasteiger partial charge in [-0.05, 0) is 19.1 Å². The highest BCUT2D eigenvalue weighted by molar-refractivity contribution is 6.04. The highest BCUT2D eigenvalue weighted by Gasteiger charge is 2.12. The lowest BCUT2D eigenvalue weighted by atomic mass is 10.1. The van der Waals surface area contributed by atoms with Crippen molar-refractivity contribution in [3.8, 4) is 11.4 Å². The topological polar surface area (TPSA) is 90.6 Å². The summed E-state index contributed by atoms with van der Waals surface area (Å²) in [5.41, 5.74) is 2.31. The van der Waals surface area contributed by atoms with Gasteiger partial charge in [-0.25, -0.2) is 4.98 Å². The van der Waals surface area contributed by atoms with E-state index in [1.165, 1.54) is 18.3 Å². The Labute approximate surface area is 126 Å². The summed E-state index contributed by atoms with van der Waals surface area (Å²) in [7, 11) is 0. The minimum atomic E-state index is -0.381. The number of rotatable bonds is 3. The molecule has 1 aromatic carbocycles. The summed E-state index contributed by atoms with van der Waals surface area (Å²) in [4.78, 5) is 33.7. The summed E-state index contributed by atoms with van der Waals surface area (Å²) in [6.45, 7) is 1.91. The van der Waals surface area contributed by atoms with Gasteiger partial charge in [0.1, 0.15) is 11.5 Å². The van der Waals surface area contributed by atoms with Crippen LogP contribution in [0.4, 0.5) is 5.69 Å². The number of nitrogens with one attached hydrogen (secondary N) is 3. The Balaban J connectivity index is 1.93. The van der Waals surface area contributed by atoms with Crippen LogP contribution in [0.1, 0.15) is 16.2 Å². The van der Waals surface area contributed by atoms with Crippen LogP contribution in [-0.4, -0.2) is 20.9 Å². The minimum absolute atomic E-state index is 0.206. The fourth-order valence-corrected chi connectivity index (χ4v) is 2.11. The molecule has 0 saturated heterocycles. The molecule has 3 rings (SSSR count). The van der Waals surface area contributed by atoms with E-state index in [4.69, 9.17) is 0 Å². The van der Waals surface area contributed by atoms with Crippen molar-refractivity contribution in [2.75, 3.05) is 5.32 Å². The molecule has 0 aliphatic rings. The van der Waals surface area contributed by atoms with Gasteiger partial charge in [0.25, 0.3) is 5.91 Å². The van der Waals surface area contributed by atoms with Crippen LogP contribution in [0.3, 0.4) is 0 Å². The van der Waals surface area contributed by atoms with E-state index in [1.54, 1.807) is 12.3 Å². The fourth-order valence-electron chi connectivity index (χ4n) is 2.11. The largest absolute Gasteiger partial charge is 0.357 e. The van der Waals surface area contributed by atoms with Crippen molar-refractivity contribution in [2.24, 2.45) is 0 Å². The average Bonchev–Trinajstić information content (AvgIpc) is 2.94. The maximum atomic E-state index is 12.2. The smallest absolute Gasteiger partial charge is 0.272 e. The predicted octanol–water partition coefficient (Wildman–Crippen LogP) is 2.33. The van der Waals surface area contributed by atoms with E-state index in [2.05, 4.69) is 20.3 Å². The average molecular weight is 294 g/mol. The number of aromatic nitrogens is 3. The van der Waals surface area contributed by atoms with Crippen molar-refractivity contribution >= 4 is 11.6 Å². The van der Waals surface area contributed by atoms with Crippen molar-refractivity contribution in [3.63, 3.8) is 0 Å². The van der Waals surface area contributed by atoms with Gasteiger partial charge in [-0.15, -0.1) is 0 Å². The summed E-state index contributed by atoms with van der Waals surface area (Å²) in [6, 6.07) is 9.95. The first kappa shape index (κ1) is 13.8. The van der Waals surface area contributed by atoms with Crippen LogP contribution in [-0.2, 0) is 0 Å². The van der Waals surface area contributed by atoms with Crippen LogP contribution in [0.5, 0.6) is 0 Å². The molecule has 22 heavy (non-hydrogen) atoms. The van der Waals surface area contributed by atoms with E-state index in [0.717, 1.165) is 11.3 Å². The molecule has 3 N–H and O–H groups in total. The summed E-state index contributed by atoms with van der Waals surface area (Å²) >= 11 is 0. The van der Waals surface area contributed by atoms with Gasteiger partial charge in [-0.3, -0.25) is 9.59 Å². The number of hydrogen-bond acceptors (Lipinski definition) is 3. The Morgan fingerprint density at radius 2 is 2.05 bits per heavy atom. The highest BCUT2D eigenvalue weighted by atomic mass is 16.2. The number of H-pyrrole nitrogens is 2. The maximum absolute atomic E-state index is 12.2. The zero-order valence-electron chi connectivity index (χ0n) is 11.9. The third kappa shape index (κ3) is 2.80. The number of para-hydroxylation sites is 1. The van der Waals surface area contributed by atoms with Gasteiger partial charge in [0.05, 0.1) is 5.69 Å². The third-order valence-electron chi connectivity index (χ3n) is 3.15. The van der Waals surface area contributed by atoms with Crippen LogP contribution in [0, 0.1) is 6.92 Å². The number of nitrogens with zero attached hydrogens (tertiary/aromatic N) is 1. The highest BCUT2D eigenvalue weighted by Crippen LogP contribution is 2.25. The van der Waals surface area contributed by atoms with Gasteiger partial charge in [-0.1, -0.05) is 12.1 Å². The number of benzene rings is 1. The zero-order chi connectivity index (χ0) is 15.5. The van der Waals surface area contributed by atoms with Crippen LogP contribution >= 0.6 is 0 Å². The van der Waals surface area contributed by atoms with E-state index in [1.807, 2.05) is 25.1 Å². The monoisotopic (exact) mass is 294 g/mol. The van der Waals surface area contributed by atoms with Crippen LogP contribution in [0.15, 0.2) is 53.6 Å². The van der Waals surface area contributed by atoms with Crippen molar-refractivity contribution in [1.29, 1.82) is 0 Å².